The van der Waals surface area contributed by atoms with Gasteiger partial charge in [-0.15, -0.1) is 0 Å². The number of carbonyl (C=O) groups excluding carboxylic acids is 2. The van der Waals surface area contributed by atoms with Crippen LogP contribution in [0.15, 0.2) is 90.0 Å². The van der Waals surface area contributed by atoms with Gasteiger partial charge in [0.1, 0.15) is 30.7 Å². The molecule has 0 aromatic carbocycles. The number of nitrogen functional groups attached to an aromatic ring is 1. The van der Waals surface area contributed by atoms with Crippen molar-refractivity contribution in [1.82, 2.24) is 9.55 Å². The number of nitrogens with zero attached hydrogens (tertiary/aromatic N) is 2. The molecule has 20 nitrogen and oxygen atoms in total. The van der Waals surface area contributed by atoms with E-state index in [2.05, 4.69) is 47.4 Å². The van der Waals surface area contributed by atoms with Gasteiger partial charge in [0, 0.05) is 19.0 Å². The van der Waals surface area contributed by atoms with Crippen molar-refractivity contribution in [2.24, 2.45) is 0 Å². The van der Waals surface area contributed by atoms with Crippen LogP contribution in [0.2, 0.25) is 0 Å². The topological polar surface area (TPSA) is 306 Å². The lowest BCUT2D eigenvalue weighted by Gasteiger charge is -2.21. The summed E-state index contributed by atoms with van der Waals surface area (Å²) in [5, 5.41) is 41.3. The van der Waals surface area contributed by atoms with Crippen LogP contribution in [0.5, 0.6) is 0 Å². The molecule has 420 valence electrons. The first kappa shape index (κ1) is 66.2. The Morgan fingerprint density at radius 1 is 0.716 bits per heavy atom. The highest BCUT2D eigenvalue weighted by Crippen LogP contribution is 2.60. The molecule has 2 heterocycles. The number of anilines is 1. The molecule has 0 amide bonds. The molecule has 9 atom stereocenters. The highest BCUT2D eigenvalue weighted by atomic mass is 31.3. The van der Waals surface area contributed by atoms with Crippen molar-refractivity contribution in [1.29, 1.82) is 0 Å². The number of allylic oxidation sites excluding steroid dienone is 10. The van der Waals surface area contributed by atoms with Crippen LogP contribution < -0.4 is 11.4 Å². The fraction of sp³-hybridized carbons (Fsp3) is 0.654. The average Bonchev–Trinajstić information content (AvgIpc) is 3.63. The highest BCUT2D eigenvalue weighted by Gasteiger charge is 2.46. The molecular formula is C52H85N3O17P2. The van der Waals surface area contributed by atoms with E-state index in [1.165, 1.54) is 25.3 Å². The smallest absolute Gasteiger partial charge is 0.462 e. The molecule has 1 aliphatic heterocycles. The molecule has 0 bridgehead atoms. The van der Waals surface area contributed by atoms with Gasteiger partial charge in [0.05, 0.1) is 25.4 Å². The number of aromatic nitrogens is 2. The first-order valence-electron chi connectivity index (χ1n) is 26.2. The second-order valence-corrected chi connectivity index (χ2v) is 21.1. The van der Waals surface area contributed by atoms with E-state index in [0.717, 1.165) is 94.2 Å². The predicted octanol–water partition coefficient (Wildman–Crippen LogP) is 8.83. The first-order chi connectivity index (χ1) is 35.5. The van der Waals surface area contributed by atoms with Gasteiger partial charge >= 0.3 is 33.3 Å². The number of aliphatic hydroxyl groups excluding tert-OH is 4. The number of hydrogen-bond donors (Lipinski definition) is 7. The van der Waals surface area contributed by atoms with Gasteiger partial charge in [-0.1, -0.05) is 151 Å². The van der Waals surface area contributed by atoms with E-state index < -0.39 is 95.9 Å². The van der Waals surface area contributed by atoms with E-state index in [-0.39, 0.29) is 31.5 Å². The largest absolute Gasteiger partial charge is 0.481 e. The van der Waals surface area contributed by atoms with Gasteiger partial charge in [0.15, 0.2) is 12.3 Å². The molecule has 8 N–H and O–H groups in total. The number of ether oxygens (including phenoxy) is 3. The van der Waals surface area contributed by atoms with E-state index >= 15 is 0 Å². The average molecular weight is 1090 g/mol. The molecule has 1 saturated heterocycles. The van der Waals surface area contributed by atoms with Crippen molar-refractivity contribution in [3.05, 3.63) is 95.7 Å². The quantitative estimate of drug-likeness (QED) is 0.0106. The zero-order valence-corrected chi connectivity index (χ0v) is 45.1. The van der Waals surface area contributed by atoms with Gasteiger partial charge in [-0.05, 0) is 70.3 Å². The summed E-state index contributed by atoms with van der Waals surface area (Å²) in [6, 6.07) is 1.23. The van der Waals surface area contributed by atoms with Crippen LogP contribution in [0.3, 0.4) is 0 Å². The number of aliphatic hydroxyl groups is 4. The number of phosphoric acid groups is 2. The number of carbonyl (C=O) groups is 2. The molecule has 2 rings (SSSR count). The Labute approximate surface area is 437 Å². The van der Waals surface area contributed by atoms with Crippen LogP contribution >= 0.6 is 15.6 Å². The second kappa shape index (κ2) is 39.5. The fourth-order valence-electron chi connectivity index (χ4n) is 7.32. The summed E-state index contributed by atoms with van der Waals surface area (Å²) < 4.78 is 56.6. The van der Waals surface area contributed by atoms with Crippen LogP contribution in [-0.2, 0) is 46.3 Å². The second-order valence-electron chi connectivity index (χ2n) is 18.1. The van der Waals surface area contributed by atoms with Gasteiger partial charge in [-0.25, -0.2) is 13.9 Å². The standard InChI is InChI=1S/C52H85N3O17P2/c1-3-5-7-8-9-10-11-12-13-14-15-16-17-18-22-25-29-35-47(58)67-39-44(70-48(59)36-30-34-43(57)33-28-24-21-19-20-23-27-32-42(56)31-26-6-4-2)40-68-73(63,64)72-74(65,66)69-41-45-49(60)50(61)51(71-45)55-38-37-46(53)54-52(55)62/h9-10,12-13,20-21,23-24,27-28,32-33,37-38,42-45,49-51,56-57,60-61H,3-8,11,14-19,22,25-26,29-31,34-36,39-41H2,1-2H3,(H,63,64)(H,65,66)(H2,53,54,62)/b10-9-,13-12-,23-20-,24-21-,32-27+,33-28+/t42-,43-,44-,45-,49-,50-,51-/m1/s1. The van der Waals surface area contributed by atoms with Gasteiger partial charge in [0.25, 0.3) is 0 Å². The van der Waals surface area contributed by atoms with Crippen LogP contribution in [-0.4, -0.2) is 108 Å². The maximum Gasteiger partial charge on any atom is 0.481 e. The van der Waals surface area contributed by atoms with Gasteiger partial charge in [-0.3, -0.25) is 23.2 Å². The summed E-state index contributed by atoms with van der Waals surface area (Å²) in [5.74, 6) is -1.55. The minimum atomic E-state index is -5.49. The van der Waals surface area contributed by atoms with E-state index in [4.69, 9.17) is 29.0 Å². The molecule has 1 fully saturated rings. The van der Waals surface area contributed by atoms with Gasteiger partial charge < -0.3 is 50.2 Å². The highest BCUT2D eigenvalue weighted by molar-refractivity contribution is 7.61. The number of phosphoric ester groups is 2. The summed E-state index contributed by atoms with van der Waals surface area (Å²) in [4.78, 5) is 62.0. The van der Waals surface area contributed by atoms with Crippen molar-refractivity contribution < 1.29 is 76.5 Å². The van der Waals surface area contributed by atoms with E-state index in [1.54, 1.807) is 24.3 Å². The van der Waals surface area contributed by atoms with Crippen LogP contribution in [0, 0.1) is 0 Å². The molecule has 0 aliphatic carbocycles. The Morgan fingerprint density at radius 3 is 1.91 bits per heavy atom. The molecule has 1 aromatic heterocycles. The molecule has 74 heavy (non-hydrogen) atoms. The molecule has 0 spiro atoms. The molecule has 0 radical (unpaired) electrons. The molecule has 1 aliphatic rings. The Morgan fingerprint density at radius 2 is 1.27 bits per heavy atom. The minimum Gasteiger partial charge on any atom is -0.462 e. The SMILES string of the molecule is CCCCC/C=C\C/C=C\CCCCCCCCCC(=O)OC[C@H](COP(=O)(O)OP(=O)(O)OC[C@H]1O[C@@H](n2ccc(N)nc2=O)[C@H](O)[C@@H]1O)OC(=O)CCC[C@H](O)/C=C/C=C\C/C=C\C=C\[C@H](O)CCCCC. The van der Waals surface area contributed by atoms with Crippen LogP contribution in [0.1, 0.15) is 161 Å². The summed E-state index contributed by atoms with van der Waals surface area (Å²) >= 11 is 0. The third-order valence-electron chi connectivity index (χ3n) is 11.5. The summed E-state index contributed by atoms with van der Waals surface area (Å²) in [7, 11) is -11.0. The summed E-state index contributed by atoms with van der Waals surface area (Å²) in [6.07, 6.45) is 33.2. The lowest BCUT2D eigenvalue weighted by Crippen LogP contribution is -2.36. The summed E-state index contributed by atoms with van der Waals surface area (Å²) in [5.41, 5.74) is 4.56. The Kier molecular flexibility index (Phi) is 35.3. The van der Waals surface area contributed by atoms with E-state index in [1.807, 2.05) is 24.3 Å². The fourth-order valence-corrected chi connectivity index (χ4v) is 9.43. The number of nitrogens with two attached hydrogens (primary N) is 1. The van der Waals surface area contributed by atoms with Crippen molar-refractivity contribution in [3.8, 4) is 0 Å². The number of rotatable bonds is 42. The Balaban J connectivity index is 1.86. The number of esters is 2. The van der Waals surface area contributed by atoms with E-state index in [9.17, 15) is 53.7 Å². The maximum atomic E-state index is 12.9. The molecule has 0 saturated carbocycles. The summed E-state index contributed by atoms with van der Waals surface area (Å²) in [6.45, 7) is 1.80. The normalized spacial score (nSPS) is 20.3. The maximum absolute atomic E-state index is 12.9. The molecule has 1 aromatic rings. The molecule has 2 unspecified atom stereocenters. The zero-order chi connectivity index (χ0) is 54.5. The third-order valence-corrected chi connectivity index (χ3v) is 14.1. The Hall–Kier alpha value is -3.88. The number of unbranched alkanes of at least 4 members (excludes halogenated alkanes) is 12. The van der Waals surface area contributed by atoms with Crippen molar-refractivity contribution >= 4 is 33.4 Å². The molecule has 22 heteroatoms. The van der Waals surface area contributed by atoms with Crippen molar-refractivity contribution in [2.45, 2.75) is 198 Å². The first-order valence-corrected chi connectivity index (χ1v) is 29.2. The third kappa shape index (κ3) is 31.9. The zero-order valence-electron chi connectivity index (χ0n) is 43.3. The minimum absolute atomic E-state index is 0.0652. The van der Waals surface area contributed by atoms with Gasteiger partial charge in [-0.2, -0.15) is 9.29 Å². The lowest BCUT2D eigenvalue weighted by atomic mass is 10.1. The van der Waals surface area contributed by atoms with Crippen molar-refractivity contribution in [3.63, 3.8) is 0 Å². The van der Waals surface area contributed by atoms with Crippen LogP contribution in [0.4, 0.5) is 5.82 Å². The monoisotopic (exact) mass is 1090 g/mol. The Bertz CT molecular complexity index is 2060. The number of hydrogen-bond acceptors (Lipinski definition) is 17. The lowest BCUT2D eigenvalue weighted by molar-refractivity contribution is -0.161. The van der Waals surface area contributed by atoms with Crippen LogP contribution in [0.25, 0.3) is 0 Å². The van der Waals surface area contributed by atoms with E-state index in [0.29, 0.717) is 12.8 Å². The predicted molar refractivity (Wildman–Crippen MR) is 282 cm³/mol. The molecular weight excluding hydrogens is 1000 g/mol. The van der Waals surface area contributed by atoms with Crippen molar-refractivity contribution in [2.75, 3.05) is 25.6 Å². The van der Waals surface area contributed by atoms with Gasteiger partial charge in [0.2, 0.25) is 0 Å².